The third-order valence-corrected chi connectivity index (χ3v) is 8.29. The zero-order valence-electron chi connectivity index (χ0n) is 15.8. The van der Waals surface area contributed by atoms with Gasteiger partial charge in [-0.3, -0.25) is 10.1 Å². The average molecular weight is 380 g/mol. The average Bonchev–Trinajstić information content (AvgIpc) is 3.18. The van der Waals surface area contributed by atoms with E-state index in [1.54, 1.807) is 4.31 Å². The van der Waals surface area contributed by atoms with E-state index in [4.69, 9.17) is 4.99 Å². The van der Waals surface area contributed by atoms with E-state index in [9.17, 15) is 8.42 Å². The summed E-state index contributed by atoms with van der Waals surface area (Å²) in [5.41, 5.74) is 2.92. The lowest BCUT2D eigenvalue weighted by molar-refractivity contribution is 0.225. The first kappa shape index (κ1) is 18.0. The first-order valence-electron chi connectivity index (χ1n) is 9.77. The molecule has 26 heavy (non-hydrogen) atoms. The Hall–Kier alpha value is -1.41. The summed E-state index contributed by atoms with van der Waals surface area (Å²) in [5, 5.41) is 11.2. The zero-order valence-corrected chi connectivity index (χ0v) is 16.6. The highest BCUT2D eigenvalue weighted by Crippen LogP contribution is 2.34. The number of aromatic amines is 1. The number of aliphatic imine (C=N–C) groups is 1. The SMILES string of the molecule is CCCS(=O)(=O)N1CCc2c(C3=NC4CC(C)[C@H](C)CC4N3)n[nH]c2C1. The van der Waals surface area contributed by atoms with Crippen LogP contribution in [0.25, 0.3) is 0 Å². The van der Waals surface area contributed by atoms with Crippen LogP contribution >= 0.6 is 0 Å². The predicted octanol–water partition coefficient (Wildman–Crippen LogP) is 1.66. The van der Waals surface area contributed by atoms with Gasteiger partial charge in [-0.25, -0.2) is 8.42 Å². The van der Waals surface area contributed by atoms with Crippen molar-refractivity contribution in [1.29, 1.82) is 0 Å². The maximum absolute atomic E-state index is 12.3. The summed E-state index contributed by atoms with van der Waals surface area (Å²) in [7, 11) is -3.18. The minimum Gasteiger partial charge on any atom is -0.364 e. The standard InChI is InChI=1S/C18H29N5O2S/c1-4-7-26(24,25)23-6-5-13-16(10-23)21-22-17(13)18-19-14-8-11(2)12(3)9-15(14)20-18/h11-12,14-15H,4-10H2,1-3H3,(H,19,20)(H,21,22)/t11-,12?,14?,15?/m1/s1. The molecular formula is C18H29N5O2S. The van der Waals surface area contributed by atoms with E-state index < -0.39 is 10.0 Å². The van der Waals surface area contributed by atoms with Crippen LogP contribution in [0.5, 0.6) is 0 Å². The number of hydrogen-bond acceptors (Lipinski definition) is 5. The van der Waals surface area contributed by atoms with Gasteiger partial charge in [-0.15, -0.1) is 0 Å². The van der Waals surface area contributed by atoms with Crippen LogP contribution in [0.4, 0.5) is 0 Å². The van der Waals surface area contributed by atoms with Crippen LogP contribution in [0.1, 0.15) is 57.0 Å². The summed E-state index contributed by atoms with van der Waals surface area (Å²) in [6, 6.07) is 0.752. The fourth-order valence-electron chi connectivity index (χ4n) is 4.49. The second-order valence-corrected chi connectivity index (χ2v) is 10.2. The predicted molar refractivity (Wildman–Crippen MR) is 102 cm³/mol. The molecule has 1 fully saturated rings. The number of aromatic nitrogens is 2. The molecule has 0 amide bonds. The highest BCUT2D eigenvalue weighted by atomic mass is 32.2. The van der Waals surface area contributed by atoms with Crippen LogP contribution in [0.2, 0.25) is 0 Å². The van der Waals surface area contributed by atoms with Crippen LogP contribution in [-0.2, 0) is 23.0 Å². The first-order valence-corrected chi connectivity index (χ1v) is 11.4. The molecule has 4 atom stereocenters. The van der Waals surface area contributed by atoms with Gasteiger partial charge in [-0.2, -0.15) is 9.40 Å². The molecule has 8 heteroatoms. The van der Waals surface area contributed by atoms with Crippen molar-refractivity contribution in [1.82, 2.24) is 19.8 Å². The highest BCUT2D eigenvalue weighted by molar-refractivity contribution is 7.89. The van der Waals surface area contributed by atoms with Crippen molar-refractivity contribution < 1.29 is 8.42 Å². The fourth-order valence-corrected chi connectivity index (χ4v) is 5.96. The molecule has 0 radical (unpaired) electrons. The fraction of sp³-hybridized carbons (Fsp3) is 0.778. The van der Waals surface area contributed by atoms with Gasteiger partial charge in [-0.05, 0) is 37.5 Å². The third kappa shape index (κ3) is 3.07. The number of rotatable bonds is 4. The molecule has 3 heterocycles. The molecule has 0 aromatic carbocycles. The van der Waals surface area contributed by atoms with Gasteiger partial charge in [-0.1, -0.05) is 20.8 Å². The quantitative estimate of drug-likeness (QED) is 0.832. The Morgan fingerprint density at radius 3 is 2.77 bits per heavy atom. The Balaban J connectivity index is 1.54. The number of nitrogens with zero attached hydrogens (tertiary/aromatic N) is 3. The van der Waals surface area contributed by atoms with E-state index in [-0.39, 0.29) is 5.75 Å². The van der Waals surface area contributed by atoms with E-state index in [0.29, 0.717) is 49.9 Å². The molecular weight excluding hydrogens is 350 g/mol. The summed E-state index contributed by atoms with van der Waals surface area (Å²) in [6.45, 7) is 7.44. The van der Waals surface area contributed by atoms with Crippen LogP contribution in [0.3, 0.4) is 0 Å². The number of amidine groups is 1. The molecule has 4 rings (SSSR count). The van der Waals surface area contributed by atoms with Crippen molar-refractivity contribution >= 4 is 15.9 Å². The molecule has 1 aliphatic carbocycles. The number of fused-ring (bicyclic) bond motifs is 2. The molecule has 2 aliphatic heterocycles. The highest BCUT2D eigenvalue weighted by Gasteiger charge is 2.39. The van der Waals surface area contributed by atoms with Crippen molar-refractivity contribution in [2.24, 2.45) is 16.8 Å². The van der Waals surface area contributed by atoms with Crippen molar-refractivity contribution in [2.45, 2.75) is 65.1 Å². The Morgan fingerprint density at radius 1 is 1.23 bits per heavy atom. The topological polar surface area (TPSA) is 90.4 Å². The normalized spacial score (nSPS) is 31.9. The molecule has 0 bridgehead atoms. The third-order valence-electron chi connectivity index (χ3n) is 6.27. The monoisotopic (exact) mass is 379 g/mol. The molecule has 0 spiro atoms. The van der Waals surface area contributed by atoms with E-state index in [2.05, 4.69) is 29.4 Å². The van der Waals surface area contributed by atoms with Gasteiger partial charge in [0.15, 0.2) is 0 Å². The van der Waals surface area contributed by atoms with Gasteiger partial charge < -0.3 is 5.32 Å². The van der Waals surface area contributed by atoms with Crippen LogP contribution in [0, 0.1) is 11.8 Å². The number of sulfonamides is 1. The Kier molecular flexibility index (Phi) is 4.59. The van der Waals surface area contributed by atoms with Crippen LogP contribution in [-0.4, -0.2) is 53.1 Å². The number of H-pyrrole nitrogens is 1. The minimum absolute atomic E-state index is 0.206. The van der Waals surface area contributed by atoms with Crippen molar-refractivity contribution in [3.05, 3.63) is 17.0 Å². The zero-order chi connectivity index (χ0) is 18.5. The molecule has 1 aromatic rings. The van der Waals surface area contributed by atoms with E-state index in [1.807, 2.05) is 6.92 Å². The first-order chi connectivity index (χ1) is 12.4. The molecule has 2 N–H and O–H groups in total. The van der Waals surface area contributed by atoms with Gasteiger partial charge in [0.2, 0.25) is 10.0 Å². The Morgan fingerprint density at radius 2 is 2.00 bits per heavy atom. The lowest BCUT2D eigenvalue weighted by Gasteiger charge is -2.33. The van der Waals surface area contributed by atoms with Crippen molar-refractivity contribution in [2.75, 3.05) is 12.3 Å². The molecule has 1 saturated carbocycles. The molecule has 7 nitrogen and oxygen atoms in total. The smallest absolute Gasteiger partial charge is 0.214 e. The summed E-state index contributed by atoms with van der Waals surface area (Å²) in [6.07, 6.45) is 3.60. The summed E-state index contributed by atoms with van der Waals surface area (Å²) in [4.78, 5) is 4.93. The Labute approximate surface area is 155 Å². The largest absolute Gasteiger partial charge is 0.364 e. The van der Waals surface area contributed by atoms with Gasteiger partial charge >= 0.3 is 0 Å². The maximum atomic E-state index is 12.3. The van der Waals surface area contributed by atoms with Crippen LogP contribution in [0.15, 0.2) is 4.99 Å². The minimum atomic E-state index is -3.18. The maximum Gasteiger partial charge on any atom is 0.214 e. The second kappa shape index (κ2) is 6.64. The number of nitrogens with one attached hydrogen (secondary N) is 2. The Bertz CT molecular complexity index is 816. The molecule has 3 aliphatic rings. The lowest BCUT2D eigenvalue weighted by Crippen LogP contribution is -2.42. The number of hydrogen-bond donors (Lipinski definition) is 2. The molecule has 1 aromatic heterocycles. The van der Waals surface area contributed by atoms with Gasteiger partial charge in [0.05, 0.1) is 30.1 Å². The lowest BCUT2D eigenvalue weighted by atomic mass is 9.77. The molecule has 0 saturated heterocycles. The van der Waals surface area contributed by atoms with Gasteiger partial charge in [0.25, 0.3) is 0 Å². The second-order valence-electron chi connectivity index (χ2n) is 8.15. The summed E-state index contributed by atoms with van der Waals surface area (Å²) < 4.78 is 26.3. The van der Waals surface area contributed by atoms with Gasteiger partial charge in [0.1, 0.15) is 11.5 Å². The summed E-state index contributed by atoms with van der Waals surface area (Å²) >= 11 is 0. The van der Waals surface area contributed by atoms with E-state index in [0.717, 1.165) is 35.6 Å². The van der Waals surface area contributed by atoms with Crippen LogP contribution < -0.4 is 5.32 Å². The van der Waals surface area contributed by atoms with Crippen molar-refractivity contribution in [3.8, 4) is 0 Å². The van der Waals surface area contributed by atoms with Gasteiger partial charge in [0, 0.05) is 12.1 Å². The van der Waals surface area contributed by atoms with E-state index in [1.165, 1.54) is 0 Å². The van der Waals surface area contributed by atoms with Crippen molar-refractivity contribution in [3.63, 3.8) is 0 Å². The molecule has 3 unspecified atom stereocenters. The molecule has 144 valence electrons. The van der Waals surface area contributed by atoms with E-state index >= 15 is 0 Å². The summed E-state index contributed by atoms with van der Waals surface area (Å²) in [5.74, 6) is 2.51.